The first-order valence-corrected chi connectivity index (χ1v) is 7.57. The summed E-state index contributed by atoms with van der Waals surface area (Å²) in [6, 6.07) is 0. The zero-order chi connectivity index (χ0) is 14.8. The summed E-state index contributed by atoms with van der Waals surface area (Å²) in [5.41, 5.74) is 2.24. The van der Waals surface area contributed by atoms with E-state index in [9.17, 15) is 4.79 Å². The normalized spacial score (nSPS) is 21.8. The fraction of sp³-hybridized carbons (Fsp3) is 0.667. The molecule has 0 radical (unpaired) electrons. The van der Waals surface area contributed by atoms with Crippen molar-refractivity contribution in [1.29, 1.82) is 0 Å². The molecule has 21 heavy (non-hydrogen) atoms. The summed E-state index contributed by atoms with van der Waals surface area (Å²) >= 11 is 0. The van der Waals surface area contributed by atoms with Crippen LogP contribution in [0.5, 0.6) is 0 Å². The molecule has 2 aliphatic rings. The molecule has 0 N–H and O–H groups in total. The highest BCUT2D eigenvalue weighted by molar-refractivity contribution is 5.81. The molecule has 1 aromatic rings. The van der Waals surface area contributed by atoms with Gasteiger partial charge in [-0.1, -0.05) is 0 Å². The molecule has 1 atom stereocenters. The highest BCUT2D eigenvalue weighted by Crippen LogP contribution is 2.23. The molecule has 0 aromatic carbocycles. The van der Waals surface area contributed by atoms with Crippen LogP contribution in [0.1, 0.15) is 24.1 Å². The van der Waals surface area contributed by atoms with Gasteiger partial charge in [0.25, 0.3) is 5.91 Å². The van der Waals surface area contributed by atoms with Crippen molar-refractivity contribution in [3.63, 3.8) is 0 Å². The first kappa shape index (κ1) is 14.3. The van der Waals surface area contributed by atoms with Gasteiger partial charge in [0.05, 0.1) is 5.69 Å². The highest BCUT2D eigenvalue weighted by atomic mass is 16.5. The molecule has 3 rings (SSSR count). The summed E-state index contributed by atoms with van der Waals surface area (Å²) in [7, 11) is 3.98. The van der Waals surface area contributed by atoms with E-state index in [2.05, 4.69) is 9.97 Å². The van der Waals surface area contributed by atoms with Gasteiger partial charge in [-0.15, -0.1) is 0 Å². The lowest BCUT2D eigenvalue weighted by Crippen LogP contribution is -2.40. The Bertz CT molecular complexity index is 526. The number of amides is 1. The number of hydrogen-bond acceptors (Lipinski definition) is 5. The van der Waals surface area contributed by atoms with Crippen molar-refractivity contribution >= 4 is 11.7 Å². The average Bonchev–Trinajstić information content (AvgIpc) is 2.92. The van der Waals surface area contributed by atoms with E-state index in [1.165, 1.54) is 5.56 Å². The number of rotatable bonds is 2. The van der Waals surface area contributed by atoms with Crippen LogP contribution in [0.15, 0.2) is 6.33 Å². The van der Waals surface area contributed by atoms with Crippen LogP contribution in [0.3, 0.4) is 0 Å². The van der Waals surface area contributed by atoms with Crippen molar-refractivity contribution in [1.82, 2.24) is 14.9 Å². The average molecular weight is 290 g/mol. The van der Waals surface area contributed by atoms with Gasteiger partial charge in [0.2, 0.25) is 0 Å². The Balaban J connectivity index is 1.76. The molecule has 6 nitrogen and oxygen atoms in total. The molecule has 1 fully saturated rings. The van der Waals surface area contributed by atoms with Crippen molar-refractivity contribution in [2.24, 2.45) is 0 Å². The minimum absolute atomic E-state index is 0.139. The molecule has 6 heteroatoms. The lowest BCUT2D eigenvalue weighted by atomic mass is 10.1. The van der Waals surface area contributed by atoms with Gasteiger partial charge in [0.15, 0.2) is 0 Å². The van der Waals surface area contributed by atoms with E-state index >= 15 is 0 Å². The van der Waals surface area contributed by atoms with Gasteiger partial charge >= 0.3 is 0 Å². The van der Waals surface area contributed by atoms with E-state index in [4.69, 9.17) is 4.74 Å². The molecular formula is C15H22N4O2. The topological polar surface area (TPSA) is 58.6 Å². The molecule has 0 spiro atoms. The molecule has 114 valence electrons. The fourth-order valence-corrected chi connectivity index (χ4v) is 3.09. The number of carbonyl (C=O) groups excluding carboxylic acids is 1. The summed E-state index contributed by atoms with van der Waals surface area (Å²) in [5.74, 6) is 1.10. The largest absolute Gasteiger partial charge is 0.368 e. The van der Waals surface area contributed by atoms with Gasteiger partial charge in [-0.3, -0.25) is 4.79 Å². The molecule has 1 saturated heterocycles. The molecular weight excluding hydrogens is 268 g/mol. The summed E-state index contributed by atoms with van der Waals surface area (Å²) in [6.07, 6.45) is 4.82. The van der Waals surface area contributed by atoms with Crippen LogP contribution in [-0.4, -0.2) is 60.7 Å². The Morgan fingerprint density at radius 2 is 2.14 bits per heavy atom. The van der Waals surface area contributed by atoms with Gasteiger partial charge in [-0.2, -0.15) is 0 Å². The molecule has 0 aliphatic carbocycles. The Hall–Kier alpha value is -1.69. The van der Waals surface area contributed by atoms with Crippen LogP contribution in [-0.2, 0) is 22.4 Å². The molecule has 1 amide bonds. The van der Waals surface area contributed by atoms with Crippen LogP contribution in [0, 0.1) is 0 Å². The van der Waals surface area contributed by atoms with Gasteiger partial charge in [-0.25, -0.2) is 9.97 Å². The maximum Gasteiger partial charge on any atom is 0.251 e. The van der Waals surface area contributed by atoms with E-state index in [1.54, 1.807) is 6.33 Å². The maximum absolute atomic E-state index is 12.5. The summed E-state index contributed by atoms with van der Waals surface area (Å²) < 4.78 is 5.52. The Morgan fingerprint density at radius 1 is 1.33 bits per heavy atom. The smallest absolute Gasteiger partial charge is 0.251 e. The molecule has 2 aliphatic heterocycles. The zero-order valence-corrected chi connectivity index (χ0v) is 12.7. The van der Waals surface area contributed by atoms with E-state index in [0.717, 1.165) is 50.3 Å². The Morgan fingerprint density at radius 3 is 2.86 bits per heavy atom. The molecule has 0 saturated carbocycles. The van der Waals surface area contributed by atoms with Crippen molar-refractivity contribution in [3.8, 4) is 0 Å². The molecule has 0 unspecified atom stereocenters. The number of anilines is 1. The standard InChI is InChI=1S/C15H22N4O2/c1-18(2)14-11-5-7-19(8-6-12(11)16-10-17-14)15(20)13-4-3-9-21-13/h10,13H,3-9H2,1-2H3/t13-/m1/s1. The van der Waals surface area contributed by atoms with E-state index in [0.29, 0.717) is 6.61 Å². The van der Waals surface area contributed by atoms with Crippen molar-refractivity contribution in [2.75, 3.05) is 38.7 Å². The van der Waals surface area contributed by atoms with E-state index in [1.807, 2.05) is 23.9 Å². The van der Waals surface area contributed by atoms with E-state index in [-0.39, 0.29) is 12.0 Å². The molecule has 3 heterocycles. The monoisotopic (exact) mass is 290 g/mol. The van der Waals surface area contributed by atoms with Gasteiger partial charge in [0.1, 0.15) is 18.2 Å². The van der Waals surface area contributed by atoms with Crippen molar-refractivity contribution < 1.29 is 9.53 Å². The summed E-state index contributed by atoms with van der Waals surface area (Å²) in [4.78, 5) is 25.2. The third-order valence-corrected chi connectivity index (χ3v) is 4.20. The quantitative estimate of drug-likeness (QED) is 0.800. The second-order valence-electron chi connectivity index (χ2n) is 5.84. The fourth-order valence-electron chi connectivity index (χ4n) is 3.09. The second kappa shape index (κ2) is 5.97. The third kappa shape index (κ3) is 2.85. The number of ether oxygens (including phenoxy) is 1. The maximum atomic E-state index is 12.5. The van der Waals surface area contributed by atoms with Gasteiger partial charge in [0, 0.05) is 45.8 Å². The predicted octanol–water partition coefficient (Wildman–Crippen LogP) is 0.649. The minimum atomic E-state index is -0.231. The minimum Gasteiger partial charge on any atom is -0.368 e. The number of nitrogens with zero attached hydrogens (tertiary/aromatic N) is 4. The van der Waals surface area contributed by atoms with Gasteiger partial charge in [-0.05, 0) is 19.3 Å². The van der Waals surface area contributed by atoms with E-state index < -0.39 is 0 Å². The van der Waals surface area contributed by atoms with Crippen LogP contribution in [0.4, 0.5) is 5.82 Å². The van der Waals surface area contributed by atoms with Crippen LogP contribution < -0.4 is 4.90 Å². The van der Waals surface area contributed by atoms with Gasteiger partial charge < -0.3 is 14.5 Å². The van der Waals surface area contributed by atoms with Crippen LogP contribution in [0.2, 0.25) is 0 Å². The molecule has 0 bridgehead atoms. The second-order valence-corrected chi connectivity index (χ2v) is 5.84. The number of fused-ring (bicyclic) bond motifs is 1. The lowest BCUT2D eigenvalue weighted by Gasteiger charge is -2.23. The van der Waals surface area contributed by atoms with Crippen LogP contribution in [0.25, 0.3) is 0 Å². The third-order valence-electron chi connectivity index (χ3n) is 4.20. The van der Waals surface area contributed by atoms with Crippen molar-refractivity contribution in [2.45, 2.75) is 31.8 Å². The van der Waals surface area contributed by atoms with Crippen molar-refractivity contribution in [3.05, 3.63) is 17.6 Å². The SMILES string of the molecule is CN(C)c1ncnc2c1CCN(C(=O)[C@H]1CCCO1)CC2. The zero-order valence-electron chi connectivity index (χ0n) is 12.7. The lowest BCUT2D eigenvalue weighted by molar-refractivity contribution is -0.140. The number of carbonyl (C=O) groups is 1. The number of aromatic nitrogens is 2. The number of hydrogen-bond donors (Lipinski definition) is 0. The molecule has 1 aromatic heterocycles. The Kier molecular flexibility index (Phi) is 4.05. The van der Waals surface area contributed by atoms with Crippen LogP contribution >= 0.6 is 0 Å². The Labute approximate surface area is 125 Å². The first-order chi connectivity index (χ1) is 10.2. The predicted molar refractivity (Wildman–Crippen MR) is 79.3 cm³/mol. The summed E-state index contributed by atoms with van der Waals surface area (Å²) in [6.45, 7) is 2.15. The highest BCUT2D eigenvalue weighted by Gasteiger charge is 2.30. The first-order valence-electron chi connectivity index (χ1n) is 7.57. The summed E-state index contributed by atoms with van der Waals surface area (Å²) in [5, 5.41) is 0.